The first-order valence-electron chi connectivity index (χ1n) is 5.75. The van der Waals surface area contributed by atoms with Crippen LogP contribution in [0.5, 0.6) is 0 Å². The van der Waals surface area contributed by atoms with Crippen LogP contribution in [0.4, 0.5) is 5.69 Å². The van der Waals surface area contributed by atoms with Crippen LogP contribution in [0.25, 0.3) is 0 Å². The fourth-order valence-electron chi connectivity index (χ4n) is 1.72. The smallest absolute Gasteiger partial charge is 0.337 e. The van der Waals surface area contributed by atoms with E-state index in [9.17, 15) is 9.59 Å². The molecule has 0 aliphatic carbocycles. The first kappa shape index (κ1) is 14.0. The molecule has 0 unspecified atom stereocenters. The highest BCUT2D eigenvalue weighted by Gasteiger charge is 2.15. The van der Waals surface area contributed by atoms with Crippen molar-refractivity contribution in [1.29, 1.82) is 0 Å². The second-order valence-corrected chi connectivity index (χ2v) is 4.52. The Balaban J connectivity index is 2.35. The summed E-state index contributed by atoms with van der Waals surface area (Å²) < 4.78 is 0. The maximum absolute atomic E-state index is 12.1. The van der Waals surface area contributed by atoms with Crippen molar-refractivity contribution < 1.29 is 14.7 Å². The fourth-order valence-corrected chi connectivity index (χ4v) is 1.89. The maximum atomic E-state index is 12.1. The third-order valence-corrected chi connectivity index (χ3v) is 2.95. The molecule has 0 bridgehead atoms. The summed E-state index contributed by atoms with van der Waals surface area (Å²) in [5, 5.41) is 12.0. The lowest BCUT2D eigenvalue weighted by Gasteiger charge is -2.10. The molecule has 1 aromatic carbocycles. The Morgan fingerprint density at radius 3 is 2.65 bits per heavy atom. The van der Waals surface area contributed by atoms with Crippen molar-refractivity contribution in [2.45, 2.75) is 6.92 Å². The molecule has 0 saturated heterocycles. The van der Waals surface area contributed by atoms with E-state index in [4.69, 9.17) is 16.7 Å². The van der Waals surface area contributed by atoms with E-state index in [1.165, 1.54) is 18.2 Å². The summed E-state index contributed by atoms with van der Waals surface area (Å²) in [6.45, 7) is 1.70. The number of hydrogen-bond acceptors (Lipinski definition) is 3. The van der Waals surface area contributed by atoms with Crippen molar-refractivity contribution in [3.8, 4) is 0 Å². The third-order valence-electron chi connectivity index (χ3n) is 2.71. The Kier molecular flexibility index (Phi) is 4.00. The minimum Gasteiger partial charge on any atom is -0.478 e. The summed E-state index contributed by atoms with van der Waals surface area (Å²) in [7, 11) is 0. The molecule has 1 amide bonds. The van der Waals surface area contributed by atoms with Crippen molar-refractivity contribution in [2.24, 2.45) is 0 Å². The number of pyridine rings is 1. The van der Waals surface area contributed by atoms with Crippen molar-refractivity contribution in [2.75, 3.05) is 5.32 Å². The first-order valence-corrected chi connectivity index (χ1v) is 6.12. The molecule has 2 rings (SSSR count). The predicted octanol–water partition coefficient (Wildman–Crippen LogP) is 2.99. The Bertz CT molecular complexity index is 686. The van der Waals surface area contributed by atoms with E-state index in [2.05, 4.69) is 10.3 Å². The fraction of sp³-hybridized carbons (Fsp3) is 0.0714. The Labute approximate surface area is 120 Å². The lowest BCUT2D eigenvalue weighted by Crippen LogP contribution is -2.16. The molecule has 0 atom stereocenters. The van der Waals surface area contributed by atoms with Crippen molar-refractivity contribution in [3.63, 3.8) is 0 Å². The summed E-state index contributed by atoms with van der Waals surface area (Å²) in [5.41, 5.74) is 1.07. The average Bonchev–Trinajstić information content (AvgIpc) is 2.38. The summed E-state index contributed by atoms with van der Waals surface area (Å²) in [6.07, 6.45) is 1.58. The number of rotatable bonds is 3. The zero-order chi connectivity index (χ0) is 14.7. The zero-order valence-corrected chi connectivity index (χ0v) is 11.3. The molecule has 0 saturated carbocycles. The van der Waals surface area contributed by atoms with Gasteiger partial charge in [-0.1, -0.05) is 11.6 Å². The van der Waals surface area contributed by atoms with Crippen molar-refractivity contribution >= 4 is 29.2 Å². The van der Waals surface area contributed by atoms with Crippen LogP contribution >= 0.6 is 11.6 Å². The van der Waals surface area contributed by atoms with Gasteiger partial charge in [0.2, 0.25) is 0 Å². The predicted molar refractivity (Wildman–Crippen MR) is 75.3 cm³/mol. The second-order valence-electron chi connectivity index (χ2n) is 4.09. The van der Waals surface area contributed by atoms with E-state index in [1.54, 1.807) is 25.3 Å². The quantitative estimate of drug-likeness (QED) is 0.911. The number of carbonyl (C=O) groups excluding carboxylic acids is 1. The number of aryl methyl sites for hydroxylation is 1. The number of nitrogens with zero attached hydrogens (tertiary/aromatic N) is 1. The van der Waals surface area contributed by atoms with Crippen LogP contribution in [0.15, 0.2) is 36.5 Å². The number of aromatic carboxylic acids is 1. The van der Waals surface area contributed by atoms with Gasteiger partial charge in [-0.25, -0.2) is 4.79 Å². The van der Waals surface area contributed by atoms with Crippen LogP contribution in [0.3, 0.4) is 0 Å². The monoisotopic (exact) mass is 290 g/mol. The summed E-state index contributed by atoms with van der Waals surface area (Å²) >= 11 is 5.83. The molecule has 0 aliphatic rings. The highest BCUT2D eigenvalue weighted by atomic mass is 35.5. The molecule has 5 nitrogen and oxygen atoms in total. The van der Waals surface area contributed by atoms with Gasteiger partial charge in [-0.15, -0.1) is 0 Å². The highest BCUT2D eigenvalue weighted by molar-refractivity contribution is 6.31. The summed E-state index contributed by atoms with van der Waals surface area (Å²) in [6, 6.07) is 7.45. The van der Waals surface area contributed by atoms with Gasteiger partial charge in [0.05, 0.1) is 16.8 Å². The van der Waals surface area contributed by atoms with Gasteiger partial charge in [-0.05, 0) is 37.3 Å². The number of benzene rings is 1. The molecule has 1 heterocycles. The number of amides is 1. The standard InChI is InChI=1S/C14H11ClN2O3/c1-8-10(3-2-6-16-8)13(18)17-12-7-9(15)4-5-11(12)14(19)20/h2-7H,1H3,(H,17,18)(H,19,20). The van der Waals surface area contributed by atoms with Crippen LogP contribution in [0.2, 0.25) is 5.02 Å². The highest BCUT2D eigenvalue weighted by Crippen LogP contribution is 2.22. The number of aromatic nitrogens is 1. The van der Waals surface area contributed by atoms with E-state index in [-0.39, 0.29) is 11.3 Å². The lowest BCUT2D eigenvalue weighted by molar-refractivity contribution is 0.0698. The van der Waals surface area contributed by atoms with Crippen molar-refractivity contribution in [1.82, 2.24) is 4.98 Å². The van der Waals surface area contributed by atoms with Crippen LogP contribution < -0.4 is 5.32 Å². The van der Waals surface area contributed by atoms with Gasteiger partial charge < -0.3 is 10.4 Å². The van der Waals surface area contributed by atoms with E-state index in [0.717, 1.165) is 0 Å². The van der Waals surface area contributed by atoms with Gasteiger partial charge in [-0.2, -0.15) is 0 Å². The van der Waals surface area contributed by atoms with E-state index in [0.29, 0.717) is 16.3 Å². The molecule has 0 spiro atoms. The Hall–Kier alpha value is -2.40. The van der Waals surface area contributed by atoms with E-state index in [1.807, 2.05) is 0 Å². The number of anilines is 1. The molecule has 2 N–H and O–H groups in total. The Morgan fingerprint density at radius 2 is 2.00 bits per heavy atom. The van der Waals surface area contributed by atoms with Gasteiger partial charge in [0.15, 0.2) is 0 Å². The molecule has 6 heteroatoms. The van der Waals surface area contributed by atoms with Crippen molar-refractivity contribution in [3.05, 3.63) is 58.4 Å². The average molecular weight is 291 g/mol. The first-order chi connectivity index (χ1) is 9.49. The van der Waals surface area contributed by atoms with Gasteiger partial charge in [0.25, 0.3) is 5.91 Å². The molecule has 102 valence electrons. The van der Waals surface area contributed by atoms with Gasteiger partial charge in [-0.3, -0.25) is 9.78 Å². The second kappa shape index (κ2) is 5.71. The number of carboxylic acids is 1. The van der Waals surface area contributed by atoms with Crippen LogP contribution in [0, 0.1) is 6.92 Å². The minimum atomic E-state index is -1.14. The van der Waals surface area contributed by atoms with E-state index < -0.39 is 11.9 Å². The molecule has 20 heavy (non-hydrogen) atoms. The number of carboxylic acid groups (broad SMARTS) is 1. The molecule has 0 fully saturated rings. The zero-order valence-electron chi connectivity index (χ0n) is 10.6. The number of hydrogen-bond donors (Lipinski definition) is 2. The number of carbonyl (C=O) groups is 2. The third kappa shape index (κ3) is 2.95. The SMILES string of the molecule is Cc1ncccc1C(=O)Nc1cc(Cl)ccc1C(=O)O. The molecule has 0 aliphatic heterocycles. The molecular weight excluding hydrogens is 280 g/mol. The van der Waals surface area contributed by atoms with Crippen LogP contribution in [-0.4, -0.2) is 22.0 Å². The Morgan fingerprint density at radius 1 is 1.25 bits per heavy atom. The topological polar surface area (TPSA) is 79.3 Å². The summed E-state index contributed by atoms with van der Waals surface area (Å²) in [4.78, 5) is 27.3. The van der Waals surface area contributed by atoms with Gasteiger partial charge in [0, 0.05) is 16.9 Å². The summed E-state index contributed by atoms with van der Waals surface area (Å²) in [5.74, 6) is -1.57. The maximum Gasteiger partial charge on any atom is 0.337 e. The molecule has 1 aromatic heterocycles. The largest absolute Gasteiger partial charge is 0.478 e. The lowest BCUT2D eigenvalue weighted by atomic mass is 10.1. The van der Waals surface area contributed by atoms with Gasteiger partial charge >= 0.3 is 5.97 Å². The van der Waals surface area contributed by atoms with E-state index >= 15 is 0 Å². The molecule has 0 radical (unpaired) electrons. The normalized spacial score (nSPS) is 10.1. The molecular formula is C14H11ClN2O3. The van der Waals surface area contributed by atoms with Gasteiger partial charge in [0.1, 0.15) is 0 Å². The van der Waals surface area contributed by atoms with Crippen LogP contribution in [0.1, 0.15) is 26.4 Å². The molecule has 2 aromatic rings. The minimum absolute atomic E-state index is 0.0238. The van der Waals surface area contributed by atoms with Crippen LogP contribution in [-0.2, 0) is 0 Å². The number of nitrogens with one attached hydrogen (secondary N) is 1. The number of halogens is 1.